The van der Waals surface area contributed by atoms with Crippen molar-refractivity contribution in [1.82, 2.24) is 0 Å². The molecule has 0 saturated carbocycles. The fourth-order valence-corrected chi connectivity index (χ4v) is 0. The van der Waals surface area contributed by atoms with Crippen molar-refractivity contribution in [3.8, 4) is 0 Å². The van der Waals surface area contributed by atoms with Gasteiger partial charge in [-0.05, 0) is 0 Å². The number of hydrogen-bond donors (Lipinski definition) is 0. The molecule has 0 radical (unpaired) electrons. The average Bonchev–Trinajstić information content (AvgIpc) is 0.592. The normalized spacial score (nSPS) is 23.1. The van der Waals surface area contributed by atoms with Gasteiger partial charge in [0.25, 0.3) is 0 Å². The second-order valence-corrected chi connectivity index (χ2v) is 52.8. The zero-order valence-electron chi connectivity index (χ0n) is 2.68. The van der Waals surface area contributed by atoms with E-state index >= 15 is 0 Å². The Balaban J connectivity index is 4.43. The molecule has 0 aromatic carbocycles. The van der Waals surface area contributed by atoms with Crippen LogP contribution in [0.25, 0.3) is 0 Å². The molecule has 48 valence electrons. The Morgan fingerprint density at radius 1 is 0.571 bits per heavy atom. The third kappa shape index (κ3) is 56.8. The summed E-state index contributed by atoms with van der Waals surface area (Å²) in [5, 5.41) is 0. The van der Waals surface area contributed by atoms with Gasteiger partial charge in [0.1, 0.15) is 0 Å². The molecule has 0 bridgehead atoms. The van der Waals surface area contributed by atoms with Gasteiger partial charge in [0.15, 0.2) is 0 Å². The van der Waals surface area contributed by atoms with Crippen LogP contribution in [0.2, 0.25) is 0 Å². The first-order valence-corrected chi connectivity index (χ1v) is 18.6. The summed E-state index contributed by atoms with van der Waals surface area (Å²) in [5.74, 6) is 0. The molecule has 0 aliphatic heterocycles. The molecule has 0 aliphatic carbocycles. The van der Waals surface area contributed by atoms with Crippen molar-refractivity contribution in [1.29, 1.82) is 0 Å². The molecule has 0 saturated heterocycles. The molecule has 7 heteroatoms. The van der Waals surface area contributed by atoms with E-state index in [1.165, 1.54) is 0 Å². The molecule has 0 amide bonds. The van der Waals surface area contributed by atoms with E-state index < -0.39 is 8.72 Å². The molecule has 0 heterocycles. The van der Waals surface area contributed by atoms with Gasteiger partial charge < -0.3 is 0 Å². The fraction of sp³-hybridized carbons (Fsp3) is 0. The van der Waals surface area contributed by atoms with Crippen LogP contribution < -0.4 is 0 Å². The van der Waals surface area contributed by atoms with Crippen LogP contribution in [0, 0.1) is 0 Å². The van der Waals surface area contributed by atoms with Crippen LogP contribution in [0.5, 0.6) is 0 Å². The second-order valence-electron chi connectivity index (χ2n) is 0.875. The summed E-state index contributed by atoms with van der Waals surface area (Å²) >= 11 is 0. The molecule has 7 heavy (non-hydrogen) atoms. The summed E-state index contributed by atoms with van der Waals surface area (Å²) in [6, 6.07) is 0. The van der Waals surface area contributed by atoms with E-state index in [0.717, 1.165) is 0 Å². The molecular formula is Cl6Te. The number of hydrogen-bond acceptors (Lipinski definition) is 0. The maximum absolute atomic E-state index is 5.35. The van der Waals surface area contributed by atoms with Crippen molar-refractivity contribution in [2.75, 3.05) is 0 Å². The van der Waals surface area contributed by atoms with Gasteiger partial charge in [-0.2, -0.15) is 0 Å². The molecule has 0 rings (SSSR count). The van der Waals surface area contributed by atoms with Crippen molar-refractivity contribution in [2.45, 2.75) is 0 Å². The fourth-order valence-electron chi connectivity index (χ4n) is 0. The zero-order valence-corrected chi connectivity index (χ0v) is 9.54. The van der Waals surface area contributed by atoms with Crippen molar-refractivity contribution in [3.05, 3.63) is 0 Å². The van der Waals surface area contributed by atoms with Crippen LogP contribution in [0.4, 0.5) is 0 Å². The Labute approximate surface area is 61.5 Å². The molecule has 0 N–H and O–H groups in total. The van der Waals surface area contributed by atoms with Crippen molar-refractivity contribution in [3.63, 3.8) is 0 Å². The number of halogens is 6. The third-order valence-corrected chi connectivity index (χ3v) is 0. The summed E-state index contributed by atoms with van der Waals surface area (Å²) in [6.45, 7) is 0. The van der Waals surface area contributed by atoms with E-state index in [4.69, 9.17) is 53.8 Å². The Hall–Kier alpha value is 2.53. The van der Waals surface area contributed by atoms with E-state index in [1.807, 2.05) is 0 Å². The van der Waals surface area contributed by atoms with Crippen molar-refractivity contribution in [2.24, 2.45) is 0 Å². The minimum atomic E-state index is -5.35. The van der Waals surface area contributed by atoms with Crippen LogP contribution in [0.15, 0.2) is 0 Å². The Kier molecular flexibility index (Phi) is 2.14. The van der Waals surface area contributed by atoms with E-state index in [1.54, 1.807) is 0 Å². The van der Waals surface area contributed by atoms with Gasteiger partial charge in [-0.1, -0.05) is 0 Å². The van der Waals surface area contributed by atoms with Gasteiger partial charge in [0, 0.05) is 0 Å². The van der Waals surface area contributed by atoms with Crippen LogP contribution >= 0.6 is 53.8 Å². The number of rotatable bonds is 0. The molecule has 0 fully saturated rings. The molecule has 0 aromatic heterocycles. The van der Waals surface area contributed by atoms with Crippen molar-refractivity contribution < 1.29 is 0 Å². The van der Waals surface area contributed by atoms with Crippen molar-refractivity contribution >= 4 is 62.5 Å². The predicted octanol–water partition coefficient (Wildman–Crippen LogP) is 3.76. The van der Waals surface area contributed by atoms with Gasteiger partial charge in [0.2, 0.25) is 0 Å². The summed E-state index contributed by atoms with van der Waals surface area (Å²) in [6.07, 6.45) is 0. The maximum atomic E-state index is 5.06. The van der Waals surface area contributed by atoms with Crippen LogP contribution in [-0.2, 0) is 0 Å². The van der Waals surface area contributed by atoms with Gasteiger partial charge in [-0.25, -0.2) is 0 Å². The van der Waals surface area contributed by atoms with Gasteiger partial charge in [-0.3, -0.25) is 0 Å². The molecule has 0 atom stereocenters. The molecule has 0 aliphatic rings. The van der Waals surface area contributed by atoms with Gasteiger partial charge >= 0.3 is 62.5 Å². The standard InChI is InChI=1S/Cl6Te/c1-7(2,3,4,5)6. The summed E-state index contributed by atoms with van der Waals surface area (Å²) in [5.41, 5.74) is 0. The Morgan fingerprint density at radius 3 is 0.571 bits per heavy atom. The van der Waals surface area contributed by atoms with E-state index in [-0.39, 0.29) is 0 Å². The topological polar surface area (TPSA) is 0 Å². The molecule has 0 nitrogen and oxygen atoms in total. The SMILES string of the molecule is Cl[Te](Cl)(Cl)(Cl)(Cl)Cl. The molecule has 0 spiro atoms. The van der Waals surface area contributed by atoms with Crippen LogP contribution in [-0.4, -0.2) is 8.72 Å². The first-order valence-electron chi connectivity index (χ1n) is 0.926. The molecule has 0 unspecified atom stereocenters. The quantitative estimate of drug-likeness (QED) is 0.589. The van der Waals surface area contributed by atoms with Crippen LogP contribution in [0.3, 0.4) is 0 Å². The van der Waals surface area contributed by atoms with Gasteiger partial charge in [-0.15, -0.1) is 0 Å². The second kappa shape index (κ2) is 1.57. The van der Waals surface area contributed by atoms with E-state index in [2.05, 4.69) is 0 Å². The predicted molar refractivity (Wildman–Crippen MR) is 40.9 cm³/mol. The van der Waals surface area contributed by atoms with E-state index in [0.29, 0.717) is 0 Å². The average molecular weight is 340 g/mol. The van der Waals surface area contributed by atoms with Crippen LogP contribution in [0.1, 0.15) is 0 Å². The third-order valence-electron chi connectivity index (χ3n) is 0. The monoisotopic (exact) mass is 340 g/mol. The summed E-state index contributed by atoms with van der Waals surface area (Å²) in [7, 11) is 25.0. The van der Waals surface area contributed by atoms with E-state index in [9.17, 15) is 0 Å². The first-order chi connectivity index (χ1) is 2.45. The first kappa shape index (κ1) is 9.53. The summed E-state index contributed by atoms with van der Waals surface area (Å²) < 4.78 is 0. The molecule has 0 aromatic rings. The van der Waals surface area contributed by atoms with Gasteiger partial charge in [0.05, 0.1) is 0 Å². The molecular weight excluding hydrogens is 340 g/mol. The Morgan fingerprint density at radius 2 is 0.571 bits per heavy atom. The minimum absolute atomic E-state index is 5.06. The summed E-state index contributed by atoms with van der Waals surface area (Å²) in [4.78, 5) is 0. The Bertz CT molecular complexity index is 62.7. The zero-order chi connectivity index (χ0) is 6.41.